The Bertz CT molecular complexity index is 1420. The molecule has 0 radical (unpaired) electrons. The number of ether oxygens (including phenoxy) is 2. The highest BCUT2D eigenvalue weighted by atomic mass is 32.1. The molecule has 3 heterocycles. The Morgan fingerprint density at radius 1 is 1.03 bits per heavy atom. The highest BCUT2D eigenvalue weighted by Crippen LogP contribution is 2.44. The van der Waals surface area contributed by atoms with Gasteiger partial charge in [-0.05, 0) is 80.1 Å². The van der Waals surface area contributed by atoms with Crippen molar-refractivity contribution in [2.24, 2.45) is 0 Å². The summed E-state index contributed by atoms with van der Waals surface area (Å²) in [5.74, 6) is 1.47. The van der Waals surface area contributed by atoms with Crippen LogP contribution in [-0.2, 0) is 19.4 Å². The number of fused-ring (bicyclic) bond motifs is 5. The second kappa shape index (κ2) is 9.98. The molecule has 2 amide bonds. The molecule has 0 saturated carbocycles. The zero-order chi connectivity index (χ0) is 25.4. The molecule has 1 atom stereocenters. The van der Waals surface area contributed by atoms with Gasteiger partial charge < -0.3 is 24.3 Å². The van der Waals surface area contributed by atoms with Gasteiger partial charge in [0.05, 0.1) is 37.7 Å². The first-order valence-electron chi connectivity index (χ1n) is 12.9. The summed E-state index contributed by atoms with van der Waals surface area (Å²) in [5.41, 5.74) is 5.51. The van der Waals surface area contributed by atoms with Gasteiger partial charge in [0.15, 0.2) is 0 Å². The number of hydrogen-bond acceptors (Lipinski definition) is 4. The van der Waals surface area contributed by atoms with Crippen molar-refractivity contribution in [2.75, 3.05) is 19.0 Å². The Morgan fingerprint density at radius 2 is 1.84 bits per heavy atom. The van der Waals surface area contributed by atoms with Crippen molar-refractivity contribution in [3.8, 4) is 16.5 Å². The Labute approximate surface area is 221 Å². The van der Waals surface area contributed by atoms with Gasteiger partial charge in [0, 0.05) is 16.6 Å². The van der Waals surface area contributed by atoms with Gasteiger partial charge in [0.2, 0.25) is 0 Å². The highest BCUT2D eigenvalue weighted by molar-refractivity contribution is 7.15. The van der Waals surface area contributed by atoms with Crippen molar-refractivity contribution in [3.63, 3.8) is 0 Å². The number of carbonyl (C=O) groups is 1. The molecule has 0 spiro atoms. The van der Waals surface area contributed by atoms with E-state index in [1.165, 1.54) is 33.8 Å². The summed E-state index contributed by atoms with van der Waals surface area (Å²) < 4.78 is 13.5. The normalized spacial score (nSPS) is 16.3. The lowest BCUT2D eigenvalue weighted by Crippen LogP contribution is -2.38. The summed E-state index contributed by atoms with van der Waals surface area (Å²) in [7, 11) is 1.67. The van der Waals surface area contributed by atoms with E-state index in [1.807, 2.05) is 59.6 Å². The summed E-state index contributed by atoms with van der Waals surface area (Å²) in [6.07, 6.45) is 6.77. The number of benzene rings is 2. The average molecular weight is 514 g/mol. The molecule has 6 rings (SSSR count). The quantitative estimate of drug-likeness (QED) is 0.314. The van der Waals surface area contributed by atoms with Gasteiger partial charge in [-0.2, -0.15) is 0 Å². The molecule has 1 N–H and O–H groups in total. The molecule has 7 heteroatoms. The average Bonchev–Trinajstić information content (AvgIpc) is 3.52. The fourth-order valence-corrected chi connectivity index (χ4v) is 6.97. The Hall–Kier alpha value is -3.71. The van der Waals surface area contributed by atoms with Crippen LogP contribution in [0.1, 0.15) is 53.1 Å². The number of anilines is 1. The minimum Gasteiger partial charge on any atom is -0.497 e. The molecule has 0 fully saturated rings. The minimum absolute atomic E-state index is 0.149. The van der Waals surface area contributed by atoms with Gasteiger partial charge in [-0.25, -0.2) is 4.79 Å². The van der Waals surface area contributed by atoms with E-state index in [9.17, 15) is 4.79 Å². The number of aromatic nitrogens is 1. The van der Waals surface area contributed by atoms with Crippen LogP contribution in [-0.4, -0.2) is 29.2 Å². The lowest BCUT2D eigenvalue weighted by Gasteiger charge is -2.31. The lowest BCUT2D eigenvalue weighted by atomic mass is 9.95. The van der Waals surface area contributed by atoms with Gasteiger partial charge in [0.1, 0.15) is 16.5 Å². The standard InChI is InChI=1S/C30H31N3O3S/c1-3-36-26-12-6-5-10-24(26)31-30(34)33-19-23-22-9-4-7-13-27(22)37-29(23)32-18-8-11-25(32)28(33)20-14-16-21(35-2)17-15-20/h5-6,8,10-12,14-18,28H,3-4,7,9,13,19H2,1-2H3,(H,31,34). The van der Waals surface area contributed by atoms with Crippen LogP contribution in [0.4, 0.5) is 10.5 Å². The number of hydrogen-bond donors (Lipinski definition) is 1. The van der Waals surface area contributed by atoms with E-state index >= 15 is 0 Å². The van der Waals surface area contributed by atoms with Crippen molar-refractivity contribution >= 4 is 23.1 Å². The van der Waals surface area contributed by atoms with Crippen LogP contribution in [0.2, 0.25) is 0 Å². The maximum absolute atomic E-state index is 14.1. The van der Waals surface area contributed by atoms with Crippen LogP contribution in [0.3, 0.4) is 0 Å². The molecule has 1 aliphatic carbocycles. The van der Waals surface area contributed by atoms with Gasteiger partial charge in [-0.1, -0.05) is 24.3 Å². The van der Waals surface area contributed by atoms with Crippen LogP contribution in [0.15, 0.2) is 66.9 Å². The smallest absolute Gasteiger partial charge is 0.323 e. The number of para-hydroxylation sites is 2. The number of aryl methyl sites for hydroxylation is 1. The summed E-state index contributed by atoms with van der Waals surface area (Å²) in [6, 6.07) is 19.5. The van der Waals surface area contributed by atoms with Crippen LogP contribution in [0, 0.1) is 0 Å². The van der Waals surface area contributed by atoms with E-state index in [-0.39, 0.29) is 12.1 Å². The molecule has 4 aromatic rings. The number of nitrogens with one attached hydrogen (secondary N) is 1. The molecule has 6 nitrogen and oxygen atoms in total. The van der Waals surface area contributed by atoms with Gasteiger partial charge in [-0.15, -0.1) is 11.3 Å². The van der Waals surface area contributed by atoms with E-state index in [1.54, 1.807) is 7.11 Å². The Morgan fingerprint density at radius 3 is 2.65 bits per heavy atom. The number of amides is 2. The molecule has 2 aliphatic rings. The van der Waals surface area contributed by atoms with E-state index in [0.29, 0.717) is 24.6 Å². The van der Waals surface area contributed by atoms with Crippen molar-refractivity contribution in [2.45, 2.75) is 45.2 Å². The monoisotopic (exact) mass is 513 g/mol. The number of methoxy groups -OCH3 is 1. The first-order chi connectivity index (χ1) is 18.2. The molecule has 190 valence electrons. The Balaban J connectivity index is 1.47. The predicted molar refractivity (Wildman–Crippen MR) is 147 cm³/mol. The van der Waals surface area contributed by atoms with Crippen LogP contribution >= 0.6 is 11.3 Å². The van der Waals surface area contributed by atoms with E-state index < -0.39 is 0 Å². The molecular weight excluding hydrogens is 482 g/mol. The highest BCUT2D eigenvalue weighted by Gasteiger charge is 2.36. The molecule has 2 aromatic carbocycles. The molecule has 1 aliphatic heterocycles. The predicted octanol–water partition coefficient (Wildman–Crippen LogP) is 6.96. The summed E-state index contributed by atoms with van der Waals surface area (Å²) in [5, 5.41) is 4.42. The molecule has 0 saturated heterocycles. The van der Waals surface area contributed by atoms with Gasteiger partial charge >= 0.3 is 6.03 Å². The Kier molecular flexibility index (Phi) is 6.38. The number of nitrogens with zero attached hydrogens (tertiary/aromatic N) is 2. The SMILES string of the molecule is CCOc1ccccc1NC(=O)N1Cc2c(sc3c2CCCC3)-n2cccc2C1c1ccc(OC)cc1. The van der Waals surface area contributed by atoms with Crippen molar-refractivity contribution < 1.29 is 14.3 Å². The van der Waals surface area contributed by atoms with Crippen LogP contribution < -0.4 is 14.8 Å². The first kappa shape index (κ1) is 23.7. The fourth-order valence-electron chi connectivity index (χ4n) is 5.56. The van der Waals surface area contributed by atoms with Crippen molar-refractivity contribution in [1.82, 2.24) is 9.47 Å². The number of urea groups is 1. The molecule has 2 aromatic heterocycles. The third kappa shape index (κ3) is 4.27. The van der Waals surface area contributed by atoms with E-state index in [4.69, 9.17) is 9.47 Å². The zero-order valence-corrected chi connectivity index (χ0v) is 22.0. The van der Waals surface area contributed by atoms with E-state index in [2.05, 4.69) is 40.3 Å². The van der Waals surface area contributed by atoms with Crippen LogP contribution in [0.25, 0.3) is 5.00 Å². The molecular formula is C30H31N3O3S. The van der Waals surface area contributed by atoms with Gasteiger partial charge in [0.25, 0.3) is 0 Å². The van der Waals surface area contributed by atoms with Gasteiger partial charge in [-0.3, -0.25) is 0 Å². The number of rotatable bonds is 5. The van der Waals surface area contributed by atoms with Crippen molar-refractivity contribution in [3.05, 3.63) is 94.1 Å². The topological polar surface area (TPSA) is 55.7 Å². The third-order valence-corrected chi connectivity index (χ3v) is 8.63. The maximum atomic E-state index is 14.1. The minimum atomic E-state index is -0.265. The third-order valence-electron chi connectivity index (χ3n) is 7.30. The molecule has 0 bridgehead atoms. The maximum Gasteiger partial charge on any atom is 0.323 e. The lowest BCUT2D eigenvalue weighted by molar-refractivity contribution is 0.194. The second-order valence-corrected chi connectivity index (χ2v) is 10.5. The summed E-state index contributed by atoms with van der Waals surface area (Å²) in [4.78, 5) is 17.6. The summed E-state index contributed by atoms with van der Waals surface area (Å²) in [6.45, 7) is 3.02. The van der Waals surface area contributed by atoms with E-state index in [0.717, 1.165) is 29.8 Å². The first-order valence-corrected chi connectivity index (χ1v) is 13.7. The second-order valence-electron chi connectivity index (χ2n) is 9.46. The summed E-state index contributed by atoms with van der Waals surface area (Å²) >= 11 is 1.89. The van der Waals surface area contributed by atoms with Crippen LogP contribution in [0.5, 0.6) is 11.5 Å². The molecule has 37 heavy (non-hydrogen) atoms. The largest absolute Gasteiger partial charge is 0.497 e. The molecule has 1 unspecified atom stereocenters. The fraction of sp³-hybridized carbons (Fsp3) is 0.300. The van der Waals surface area contributed by atoms with Crippen molar-refractivity contribution in [1.29, 1.82) is 0 Å². The number of thiophene rings is 1. The zero-order valence-electron chi connectivity index (χ0n) is 21.2. The number of carbonyl (C=O) groups excluding carboxylic acids is 1.